The van der Waals surface area contributed by atoms with E-state index < -0.39 is 84.8 Å². The topological polar surface area (TPSA) is 383 Å². The maximum atomic E-state index is 11.3. The third-order valence-electron chi connectivity index (χ3n) is 4.92. The van der Waals surface area contributed by atoms with Gasteiger partial charge in [0.05, 0.1) is 12.8 Å². The molecule has 0 heterocycles. The Morgan fingerprint density at radius 2 is 1.20 bits per heavy atom. The van der Waals surface area contributed by atoms with Crippen LogP contribution in [-0.4, -0.2) is 103 Å². The second-order valence-corrected chi connectivity index (χ2v) is 9.30. The number of carboxylic acids is 6. The number of alkyl carbamates (subject to hydrolysis) is 1. The van der Waals surface area contributed by atoms with Crippen LogP contribution in [0.5, 0.6) is 0 Å². The van der Waals surface area contributed by atoms with Crippen molar-refractivity contribution in [2.45, 2.75) is 70.3 Å². The Hall–Kier alpha value is -5.34. The highest BCUT2D eigenvalue weighted by Gasteiger charge is 2.23. The van der Waals surface area contributed by atoms with Gasteiger partial charge in [0.25, 0.3) is 0 Å². The molecule has 20 nitrogen and oxygen atoms in total. The van der Waals surface area contributed by atoms with Gasteiger partial charge in [0.15, 0.2) is 0 Å². The molecule has 0 saturated heterocycles. The largest absolute Gasteiger partial charge is 0.481 e. The minimum atomic E-state index is -1.51. The van der Waals surface area contributed by atoms with Crippen LogP contribution in [0.25, 0.3) is 0 Å². The van der Waals surface area contributed by atoms with Crippen LogP contribution in [0.2, 0.25) is 0 Å². The molecule has 15 N–H and O–H groups in total. The molecular formula is C26H41N5O15. The van der Waals surface area contributed by atoms with Crippen molar-refractivity contribution in [3.63, 3.8) is 0 Å². The van der Waals surface area contributed by atoms with Crippen molar-refractivity contribution in [3.05, 3.63) is 35.9 Å². The molecule has 1 aromatic rings. The van der Waals surface area contributed by atoms with Crippen LogP contribution in [0.4, 0.5) is 4.79 Å². The molecule has 260 valence electrons. The van der Waals surface area contributed by atoms with Crippen molar-refractivity contribution in [1.29, 1.82) is 0 Å². The summed E-state index contributed by atoms with van der Waals surface area (Å²) in [5.41, 5.74) is 20.5. The van der Waals surface area contributed by atoms with Gasteiger partial charge in [-0.3, -0.25) is 28.8 Å². The quantitative estimate of drug-likeness (QED) is 0.101. The molecule has 4 atom stereocenters. The molecule has 0 aliphatic rings. The fourth-order valence-electron chi connectivity index (χ4n) is 2.26. The number of hydrogen-bond donors (Lipinski definition) is 11. The van der Waals surface area contributed by atoms with Crippen LogP contribution in [-0.2, 0) is 44.9 Å². The van der Waals surface area contributed by atoms with E-state index in [-0.39, 0.29) is 25.4 Å². The summed E-state index contributed by atoms with van der Waals surface area (Å²) in [6.07, 6.45) is -2.10. The first-order valence-electron chi connectivity index (χ1n) is 13.0. The number of amides is 2. The van der Waals surface area contributed by atoms with Gasteiger partial charge in [-0.05, 0) is 17.9 Å². The number of aliphatic carboxylic acids is 6. The van der Waals surface area contributed by atoms with E-state index in [4.69, 9.17) is 58.3 Å². The highest BCUT2D eigenvalue weighted by Crippen LogP contribution is 2.02. The molecule has 0 aliphatic carbocycles. The molecule has 0 aromatic heterocycles. The van der Waals surface area contributed by atoms with Crippen LogP contribution in [0.1, 0.15) is 45.1 Å². The van der Waals surface area contributed by atoms with Crippen molar-refractivity contribution in [2.24, 2.45) is 28.9 Å². The van der Waals surface area contributed by atoms with Crippen LogP contribution < -0.4 is 28.3 Å². The van der Waals surface area contributed by atoms with E-state index in [1.54, 1.807) is 44.2 Å². The predicted octanol–water partition coefficient (Wildman–Crippen LogP) is -1.57. The molecular weight excluding hydrogens is 622 g/mol. The summed E-state index contributed by atoms with van der Waals surface area (Å²) >= 11 is 0. The zero-order chi connectivity index (χ0) is 36.6. The minimum absolute atomic E-state index is 0.0208. The highest BCUT2D eigenvalue weighted by atomic mass is 16.5. The highest BCUT2D eigenvalue weighted by molar-refractivity contribution is 5.84. The average molecular weight is 664 g/mol. The van der Waals surface area contributed by atoms with Crippen molar-refractivity contribution in [2.75, 3.05) is 0 Å². The molecule has 1 aromatic carbocycles. The summed E-state index contributed by atoms with van der Waals surface area (Å²) in [5.74, 6) is -7.80. The molecule has 0 bridgehead atoms. The van der Waals surface area contributed by atoms with Crippen molar-refractivity contribution in [3.8, 4) is 0 Å². The molecule has 0 unspecified atom stereocenters. The van der Waals surface area contributed by atoms with Crippen LogP contribution >= 0.6 is 0 Å². The van der Waals surface area contributed by atoms with Gasteiger partial charge in [0.1, 0.15) is 30.8 Å². The van der Waals surface area contributed by atoms with Crippen molar-refractivity contribution in [1.82, 2.24) is 5.32 Å². The SMILES string of the molecule is CC(C)[C@H](N)C(=O)O.NC(=O)CC[C@H](N)C(=O)O.N[C@@H](CC(=O)O)C(=O)O.O=C(O)C[C@H](NC(=O)OCc1ccccc1)C(=O)O. The Morgan fingerprint density at radius 1 is 0.717 bits per heavy atom. The molecule has 2 amide bonds. The number of benzene rings is 1. The number of carbonyl (C=O) groups excluding carboxylic acids is 2. The maximum absolute atomic E-state index is 11.3. The second kappa shape index (κ2) is 25.0. The van der Waals surface area contributed by atoms with E-state index in [1.165, 1.54) is 0 Å². The normalized spacial score (nSPS) is 12.3. The van der Waals surface area contributed by atoms with Gasteiger partial charge in [-0.2, -0.15) is 0 Å². The number of carboxylic acid groups (broad SMARTS) is 6. The zero-order valence-electron chi connectivity index (χ0n) is 25.0. The van der Waals surface area contributed by atoms with E-state index in [0.29, 0.717) is 0 Å². The lowest BCUT2D eigenvalue weighted by molar-refractivity contribution is -0.145. The number of hydrogen-bond acceptors (Lipinski definition) is 12. The minimum Gasteiger partial charge on any atom is -0.481 e. The smallest absolute Gasteiger partial charge is 0.408 e. The first kappa shape index (κ1) is 45.1. The molecule has 46 heavy (non-hydrogen) atoms. The number of primary amides is 1. The summed E-state index contributed by atoms with van der Waals surface area (Å²) in [4.78, 5) is 82.2. The van der Waals surface area contributed by atoms with Crippen LogP contribution in [0.3, 0.4) is 0 Å². The molecule has 0 fully saturated rings. The van der Waals surface area contributed by atoms with Crippen molar-refractivity contribution >= 4 is 47.8 Å². The van der Waals surface area contributed by atoms with Gasteiger partial charge >= 0.3 is 41.9 Å². The van der Waals surface area contributed by atoms with Gasteiger partial charge in [0.2, 0.25) is 5.91 Å². The Balaban J connectivity index is -0.000000582. The van der Waals surface area contributed by atoms with Gasteiger partial charge in [0, 0.05) is 6.42 Å². The van der Waals surface area contributed by atoms with Gasteiger partial charge < -0.3 is 63.6 Å². The first-order valence-corrected chi connectivity index (χ1v) is 13.0. The van der Waals surface area contributed by atoms with Gasteiger partial charge in [-0.25, -0.2) is 9.59 Å². The van der Waals surface area contributed by atoms with Crippen molar-refractivity contribution < 1.29 is 73.7 Å². The Morgan fingerprint density at radius 3 is 1.50 bits per heavy atom. The van der Waals surface area contributed by atoms with Crippen LogP contribution in [0.15, 0.2) is 30.3 Å². The van der Waals surface area contributed by atoms with E-state index in [2.05, 4.69) is 0 Å². The van der Waals surface area contributed by atoms with E-state index in [1.807, 2.05) is 5.32 Å². The summed E-state index contributed by atoms with van der Waals surface area (Å²) in [7, 11) is 0. The second-order valence-electron chi connectivity index (χ2n) is 9.30. The Kier molecular flexibility index (Phi) is 24.5. The fourth-order valence-corrected chi connectivity index (χ4v) is 2.26. The number of rotatable bonds is 15. The summed E-state index contributed by atoms with van der Waals surface area (Å²) < 4.78 is 4.78. The third kappa shape index (κ3) is 27.5. The number of carbonyl (C=O) groups is 8. The molecule has 0 spiro atoms. The molecule has 0 radical (unpaired) electrons. The number of ether oxygens (including phenoxy) is 1. The first-order chi connectivity index (χ1) is 21.1. The van der Waals surface area contributed by atoms with E-state index in [9.17, 15) is 38.4 Å². The molecule has 0 aliphatic heterocycles. The lowest BCUT2D eigenvalue weighted by atomic mass is 10.1. The van der Waals surface area contributed by atoms with Gasteiger partial charge in [-0.1, -0.05) is 44.2 Å². The van der Waals surface area contributed by atoms with E-state index in [0.717, 1.165) is 5.56 Å². The predicted molar refractivity (Wildman–Crippen MR) is 156 cm³/mol. The van der Waals surface area contributed by atoms with Crippen LogP contribution in [0, 0.1) is 5.92 Å². The molecule has 20 heteroatoms. The third-order valence-corrected chi connectivity index (χ3v) is 4.92. The summed E-state index contributed by atoms with van der Waals surface area (Å²) in [5, 5.41) is 51.7. The zero-order valence-corrected chi connectivity index (χ0v) is 25.0. The molecule has 0 saturated carbocycles. The summed E-state index contributed by atoms with van der Waals surface area (Å²) in [6.45, 7) is 3.53. The Labute approximate surface area is 262 Å². The lowest BCUT2D eigenvalue weighted by Crippen LogP contribution is -2.42. The fraction of sp³-hybridized carbons (Fsp3) is 0.462. The molecule has 1 rings (SSSR count). The van der Waals surface area contributed by atoms with E-state index >= 15 is 0 Å². The number of nitrogens with one attached hydrogen (secondary N) is 1. The maximum Gasteiger partial charge on any atom is 0.408 e. The Bertz CT molecular complexity index is 1150. The van der Waals surface area contributed by atoms with Gasteiger partial charge in [-0.15, -0.1) is 0 Å². The monoisotopic (exact) mass is 663 g/mol. The summed E-state index contributed by atoms with van der Waals surface area (Å²) in [6, 6.07) is 4.31. The lowest BCUT2D eigenvalue weighted by Gasteiger charge is -2.12. The average Bonchev–Trinajstić information content (AvgIpc) is 2.94. The number of nitrogens with two attached hydrogens (primary N) is 4. The standard InChI is InChI=1S/C12H13NO6.C5H10N2O3.C5H11NO2.C4H7NO4/c14-10(15)6-9(11(16)17)13-12(18)19-7-8-4-2-1-3-5-8;6-3(5(9)10)1-2-4(7)8;1-3(2)4(6)5(7)8;5-2(4(8)9)1-3(6)7/h1-5,9H,6-7H2,(H,13,18)(H,14,15)(H,16,17);3H,1-2,6H2,(H2,7,8)(H,9,10);3-4H,6H2,1-2H3,(H,7,8);2H,1,5H2,(H,6,7)(H,8,9)/t9-;3-;4-;2-/m0000/s1.